The van der Waals surface area contributed by atoms with Crippen LogP contribution in [0.15, 0.2) is 79.4 Å². The van der Waals surface area contributed by atoms with Crippen LogP contribution >= 0.6 is 0 Å². The topological polar surface area (TPSA) is 98.6 Å². The van der Waals surface area contributed by atoms with E-state index in [0.29, 0.717) is 49.4 Å². The van der Waals surface area contributed by atoms with Crippen molar-refractivity contribution in [3.63, 3.8) is 0 Å². The van der Waals surface area contributed by atoms with Gasteiger partial charge in [0.1, 0.15) is 36.6 Å². The molecule has 2 atom stereocenters. The number of hydrogen-bond donors (Lipinski definition) is 1. The number of H-pyrrole nitrogens is 1. The van der Waals surface area contributed by atoms with Crippen molar-refractivity contribution in [2.75, 3.05) is 13.2 Å². The molecule has 1 fully saturated rings. The van der Waals surface area contributed by atoms with Gasteiger partial charge in [-0.1, -0.05) is 36.6 Å². The zero-order chi connectivity index (χ0) is 25.9. The van der Waals surface area contributed by atoms with Crippen molar-refractivity contribution in [3.8, 4) is 11.5 Å². The predicted molar refractivity (Wildman–Crippen MR) is 134 cm³/mol. The first-order chi connectivity index (χ1) is 18.0. The Labute approximate surface area is 215 Å². The van der Waals surface area contributed by atoms with Crippen LogP contribution in [0.5, 0.6) is 11.5 Å². The molecule has 2 aliphatic rings. The molecule has 3 aromatic rings. The Hall–Kier alpha value is -4.33. The van der Waals surface area contributed by atoms with Gasteiger partial charge in [-0.15, -0.1) is 0 Å². The summed E-state index contributed by atoms with van der Waals surface area (Å²) in [5.74, 6) is -0.543. The van der Waals surface area contributed by atoms with E-state index in [0.717, 1.165) is 11.3 Å². The van der Waals surface area contributed by atoms with E-state index in [1.807, 2.05) is 36.3 Å². The van der Waals surface area contributed by atoms with Crippen LogP contribution in [0.2, 0.25) is 0 Å². The number of aromatic amines is 1. The SMILES string of the molecule is C=CCOc1cccc(C2C(=C([O-])c3ccc4c(c3)CC(C)O4)C(=O)C(=O)N2CCC[n+]2cc[nH]c2)c1. The Bertz CT molecular complexity index is 1360. The smallest absolute Gasteiger partial charge is 0.295 e. The summed E-state index contributed by atoms with van der Waals surface area (Å²) in [5.41, 5.74) is 1.91. The van der Waals surface area contributed by atoms with Gasteiger partial charge in [0.15, 0.2) is 0 Å². The summed E-state index contributed by atoms with van der Waals surface area (Å²) in [6.07, 6.45) is 8.51. The maximum Gasteiger partial charge on any atom is 0.295 e. The third-order valence-electron chi connectivity index (χ3n) is 6.65. The van der Waals surface area contributed by atoms with Crippen molar-refractivity contribution < 1.29 is 28.7 Å². The molecule has 1 N–H and O–H groups in total. The molecule has 2 aromatic carbocycles. The normalized spacial score (nSPS) is 20.1. The van der Waals surface area contributed by atoms with Gasteiger partial charge in [0, 0.05) is 25.0 Å². The average molecular weight is 500 g/mol. The van der Waals surface area contributed by atoms with Gasteiger partial charge in [-0.25, -0.2) is 4.57 Å². The molecule has 2 unspecified atom stereocenters. The summed E-state index contributed by atoms with van der Waals surface area (Å²) in [4.78, 5) is 31.1. The molecule has 1 amide bonds. The zero-order valence-electron chi connectivity index (χ0n) is 20.7. The highest BCUT2D eigenvalue weighted by molar-refractivity contribution is 6.46. The molecule has 8 nitrogen and oxygen atoms in total. The highest BCUT2D eigenvalue weighted by atomic mass is 16.5. The number of ether oxygens (including phenoxy) is 2. The number of Topliss-reactive ketones (excluding diaryl/α,β-unsaturated/α-hetero) is 1. The summed E-state index contributed by atoms with van der Waals surface area (Å²) in [6, 6.07) is 11.6. The average Bonchev–Trinajstić information content (AvgIpc) is 3.61. The quantitative estimate of drug-likeness (QED) is 0.160. The number of nitrogens with zero attached hydrogens (tertiary/aromatic N) is 2. The number of hydrogen-bond acceptors (Lipinski definition) is 5. The third-order valence-corrected chi connectivity index (χ3v) is 6.65. The molecule has 8 heteroatoms. The highest BCUT2D eigenvalue weighted by Crippen LogP contribution is 2.40. The number of aryl methyl sites for hydroxylation is 1. The van der Waals surface area contributed by atoms with Crippen molar-refractivity contribution in [2.24, 2.45) is 0 Å². The minimum absolute atomic E-state index is 0.0298. The fraction of sp³-hybridized carbons (Fsp3) is 0.276. The molecular formula is C29H29N3O5. The van der Waals surface area contributed by atoms with E-state index < -0.39 is 23.5 Å². The Morgan fingerprint density at radius 2 is 2.16 bits per heavy atom. The van der Waals surface area contributed by atoms with Crippen molar-refractivity contribution in [1.82, 2.24) is 9.88 Å². The second-order valence-corrected chi connectivity index (χ2v) is 9.30. The number of carbonyl (C=O) groups excluding carboxylic acids is 2. The summed E-state index contributed by atoms with van der Waals surface area (Å²) in [7, 11) is 0. The Balaban J connectivity index is 1.54. The Morgan fingerprint density at radius 1 is 1.30 bits per heavy atom. The van der Waals surface area contributed by atoms with Gasteiger partial charge < -0.3 is 19.5 Å². The molecule has 3 heterocycles. The second-order valence-electron chi connectivity index (χ2n) is 9.30. The molecule has 1 aromatic heterocycles. The number of imidazole rings is 1. The van der Waals surface area contributed by atoms with Crippen LogP contribution in [0.25, 0.3) is 5.76 Å². The first kappa shape index (κ1) is 24.4. The lowest BCUT2D eigenvalue weighted by atomic mass is 9.94. The lowest BCUT2D eigenvalue weighted by Crippen LogP contribution is -2.36. The van der Waals surface area contributed by atoms with Crippen LogP contribution in [0.3, 0.4) is 0 Å². The van der Waals surface area contributed by atoms with Crippen LogP contribution in [0.4, 0.5) is 0 Å². The molecule has 37 heavy (non-hydrogen) atoms. The van der Waals surface area contributed by atoms with Crippen LogP contribution < -0.4 is 19.1 Å². The van der Waals surface area contributed by atoms with Crippen molar-refractivity contribution in [2.45, 2.75) is 38.5 Å². The lowest BCUT2D eigenvalue weighted by Gasteiger charge is -2.27. The van der Waals surface area contributed by atoms with E-state index in [2.05, 4.69) is 11.6 Å². The van der Waals surface area contributed by atoms with Crippen molar-refractivity contribution in [3.05, 3.63) is 96.1 Å². The number of fused-ring (bicyclic) bond motifs is 1. The molecule has 0 aliphatic carbocycles. The molecular weight excluding hydrogens is 470 g/mol. The van der Waals surface area contributed by atoms with E-state index in [1.54, 1.807) is 42.5 Å². The monoisotopic (exact) mass is 499 g/mol. The molecule has 0 saturated carbocycles. The second kappa shape index (κ2) is 10.3. The fourth-order valence-electron chi connectivity index (χ4n) is 4.98. The zero-order valence-corrected chi connectivity index (χ0v) is 20.7. The molecule has 2 aliphatic heterocycles. The number of nitrogens with one attached hydrogen (secondary N) is 1. The summed E-state index contributed by atoms with van der Waals surface area (Å²) < 4.78 is 13.4. The van der Waals surface area contributed by atoms with Crippen LogP contribution in [-0.4, -0.2) is 40.8 Å². The van der Waals surface area contributed by atoms with Crippen molar-refractivity contribution >= 4 is 17.4 Å². The number of ketones is 1. The predicted octanol–water partition coefficient (Wildman–Crippen LogP) is 2.50. The van der Waals surface area contributed by atoms with E-state index in [9.17, 15) is 14.7 Å². The van der Waals surface area contributed by atoms with Crippen LogP contribution in [-0.2, 0) is 22.6 Å². The molecule has 5 rings (SSSR count). The summed E-state index contributed by atoms with van der Waals surface area (Å²) >= 11 is 0. The largest absolute Gasteiger partial charge is 0.872 e. The molecule has 1 saturated heterocycles. The maximum atomic E-state index is 13.8. The lowest BCUT2D eigenvalue weighted by molar-refractivity contribution is -0.695. The van der Waals surface area contributed by atoms with E-state index >= 15 is 0 Å². The standard InChI is InChI=1S/C29H29N3O5/c1-3-14-36-23-7-4-6-20(17-23)26-25(27(33)21-8-9-24-22(16-21)15-19(2)37-24)28(34)29(35)32(26)12-5-11-31-13-10-30-18-31/h3-4,6-10,13,16-19,26H,1,5,11-12,14-15H2,2H3,(H,33,34). The van der Waals surface area contributed by atoms with Crippen molar-refractivity contribution in [1.29, 1.82) is 0 Å². The summed E-state index contributed by atoms with van der Waals surface area (Å²) in [5, 5.41) is 13.8. The Morgan fingerprint density at radius 3 is 2.95 bits per heavy atom. The van der Waals surface area contributed by atoms with Gasteiger partial charge in [0.2, 0.25) is 12.1 Å². The van der Waals surface area contributed by atoms with E-state index in [-0.39, 0.29) is 11.7 Å². The fourth-order valence-corrected chi connectivity index (χ4v) is 4.98. The number of amides is 1. The maximum absolute atomic E-state index is 13.8. The highest BCUT2D eigenvalue weighted by Gasteiger charge is 2.44. The first-order valence-corrected chi connectivity index (χ1v) is 12.4. The number of likely N-dealkylation sites (tertiary alicyclic amines) is 1. The number of aromatic nitrogens is 2. The first-order valence-electron chi connectivity index (χ1n) is 12.4. The molecule has 190 valence electrons. The minimum Gasteiger partial charge on any atom is -0.872 e. The number of benzene rings is 2. The number of carbonyl (C=O) groups is 2. The van der Waals surface area contributed by atoms with Gasteiger partial charge in [0.25, 0.3) is 5.91 Å². The van der Waals surface area contributed by atoms with Crippen LogP contribution in [0, 0.1) is 0 Å². The number of rotatable bonds is 9. The summed E-state index contributed by atoms with van der Waals surface area (Å²) in [6.45, 7) is 6.93. The Kier molecular flexibility index (Phi) is 6.81. The minimum atomic E-state index is -0.806. The van der Waals surface area contributed by atoms with Gasteiger partial charge in [-0.05, 0) is 47.9 Å². The van der Waals surface area contributed by atoms with Gasteiger partial charge in [-0.2, -0.15) is 0 Å². The van der Waals surface area contributed by atoms with Crippen LogP contribution in [0.1, 0.15) is 36.1 Å². The van der Waals surface area contributed by atoms with E-state index in [4.69, 9.17) is 9.47 Å². The van der Waals surface area contributed by atoms with Gasteiger partial charge in [-0.3, -0.25) is 14.6 Å². The molecule has 0 bridgehead atoms. The molecule has 0 spiro atoms. The van der Waals surface area contributed by atoms with Gasteiger partial charge >= 0.3 is 0 Å². The van der Waals surface area contributed by atoms with Gasteiger partial charge in [0.05, 0.1) is 12.6 Å². The van der Waals surface area contributed by atoms with E-state index in [1.165, 1.54) is 4.90 Å². The molecule has 0 radical (unpaired) electrons. The third kappa shape index (κ3) is 4.87.